The molecule has 1 fully saturated rings. The largest absolute Gasteiger partial charge is 0.377 e. The topological polar surface area (TPSA) is 36.9 Å². The molecule has 4 nitrogen and oxygen atoms in total. The van der Waals surface area contributed by atoms with Gasteiger partial charge in [0.1, 0.15) is 0 Å². The molecule has 1 aliphatic heterocycles. The van der Waals surface area contributed by atoms with E-state index < -0.39 is 0 Å². The number of ether oxygens (including phenoxy) is 4. The molecule has 0 amide bonds. The number of rotatable bonds is 6. The molecule has 1 aromatic carbocycles. The van der Waals surface area contributed by atoms with Crippen LogP contribution >= 0.6 is 0 Å². The van der Waals surface area contributed by atoms with Crippen molar-refractivity contribution in [1.29, 1.82) is 0 Å². The van der Waals surface area contributed by atoms with Crippen LogP contribution in [0.1, 0.15) is 12.0 Å². The van der Waals surface area contributed by atoms with E-state index in [4.69, 9.17) is 18.9 Å². The van der Waals surface area contributed by atoms with Crippen LogP contribution in [0.25, 0.3) is 0 Å². The van der Waals surface area contributed by atoms with Crippen molar-refractivity contribution < 1.29 is 18.9 Å². The number of hydrogen-bond donors (Lipinski definition) is 0. The van der Waals surface area contributed by atoms with E-state index in [2.05, 4.69) is 12.1 Å². The summed E-state index contributed by atoms with van der Waals surface area (Å²) in [4.78, 5) is 0. The first-order chi connectivity index (χ1) is 8.88. The van der Waals surface area contributed by atoms with Crippen molar-refractivity contribution in [2.45, 2.75) is 25.4 Å². The lowest BCUT2D eigenvalue weighted by atomic mass is 10.2. The van der Waals surface area contributed by atoms with Gasteiger partial charge in [0.2, 0.25) is 0 Å². The minimum absolute atomic E-state index is 0.118. The Hall–Kier alpha value is -0.940. The molecule has 1 aliphatic rings. The van der Waals surface area contributed by atoms with E-state index in [1.54, 1.807) is 7.11 Å². The Bertz CT molecular complexity index is 320. The minimum atomic E-state index is -0.216. The van der Waals surface area contributed by atoms with E-state index in [0.717, 1.165) is 6.42 Å². The monoisotopic (exact) mass is 252 g/mol. The number of methoxy groups -OCH3 is 1. The molecule has 1 saturated heterocycles. The lowest BCUT2D eigenvalue weighted by molar-refractivity contribution is -0.226. The van der Waals surface area contributed by atoms with Gasteiger partial charge in [-0.1, -0.05) is 30.3 Å². The highest BCUT2D eigenvalue weighted by molar-refractivity contribution is 5.13. The Labute approximate surface area is 108 Å². The highest BCUT2D eigenvalue weighted by atomic mass is 16.7. The quantitative estimate of drug-likeness (QED) is 0.725. The Morgan fingerprint density at radius 1 is 1.17 bits per heavy atom. The van der Waals surface area contributed by atoms with Crippen molar-refractivity contribution in [2.24, 2.45) is 0 Å². The molecule has 1 heterocycles. The zero-order chi connectivity index (χ0) is 12.6. The zero-order valence-corrected chi connectivity index (χ0v) is 10.7. The Morgan fingerprint density at radius 3 is 2.67 bits per heavy atom. The molecule has 0 N–H and O–H groups in total. The van der Waals surface area contributed by atoms with E-state index in [-0.39, 0.29) is 12.4 Å². The third-order valence-electron chi connectivity index (χ3n) is 2.89. The first-order valence-electron chi connectivity index (χ1n) is 6.26. The average molecular weight is 252 g/mol. The van der Waals surface area contributed by atoms with E-state index >= 15 is 0 Å². The molecule has 0 bridgehead atoms. The smallest absolute Gasteiger partial charge is 0.180 e. The van der Waals surface area contributed by atoms with Crippen molar-refractivity contribution >= 4 is 0 Å². The fraction of sp³-hybridized carbons (Fsp3) is 0.571. The van der Waals surface area contributed by atoms with Crippen molar-refractivity contribution in [3.8, 4) is 0 Å². The van der Waals surface area contributed by atoms with Crippen LogP contribution in [0.3, 0.4) is 0 Å². The summed E-state index contributed by atoms with van der Waals surface area (Å²) < 4.78 is 21.7. The first kappa shape index (κ1) is 13.5. The van der Waals surface area contributed by atoms with Gasteiger partial charge in [0.15, 0.2) is 6.29 Å². The summed E-state index contributed by atoms with van der Waals surface area (Å²) in [5.74, 6) is 0. The predicted octanol–water partition coefficient (Wildman–Crippen LogP) is 1.98. The second kappa shape index (κ2) is 7.48. The Kier molecular flexibility index (Phi) is 5.61. The highest BCUT2D eigenvalue weighted by Gasteiger charge is 2.21. The van der Waals surface area contributed by atoms with Gasteiger partial charge in [-0.2, -0.15) is 0 Å². The number of hydrogen-bond acceptors (Lipinski definition) is 4. The van der Waals surface area contributed by atoms with Crippen LogP contribution in [0.15, 0.2) is 30.3 Å². The van der Waals surface area contributed by atoms with Gasteiger partial charge < -0.3 is 18.9 Å². The first-order valence-corrected chi connectivity index (χ1v) is 6.26. The van der Waals surface area contributed by atoms with Crippen LogP contribution in [0, 0.1) is 0 Å². The molecule has 0 aromatic heterocycles. The third kappa shape index (κ3) is 4.38. The summed E-state index contributed by atoms with van der Waals surface area (Å²) in [7, 11) is 1.62. The van der Waals surface area contributed by atoms with E-state index in [1.165, 1.54) is 5.56 Å². The summed E-state index contributed by atoms with van der Waals surface area (Å²) in [6.45, 7) is 2.41. The lowest BCUT2D eigenvalue weighted by Crippen LogP contribution is -2.37. The minimum Gasteiger partial charge on any atom is -0.377 e. The van der Waals surface area contributed by atoms with Crippen molar-refractivity contribution in [3.05, 3.63) is 35.9 Å². The maximum Gasteiger partial charge on any atom is 0.180 e. The molecule has 0 saturated carbocycles. The molecule has 2 atom stereocenters. The van der Waals surface area contributed by atoms with E-state index in [1.807, 2.05) is 18.2 Å². The van der Waals surface area contributed by atoms with E-state index in [9.17, 15) is 0 Å². The van der Waals surface area contributed by atoms with Crippen LogP contribution in [-0.2, 0) is 25.6 Å². The second-order valence-electron chi connectivity index (χ2n) is 4.28. The van der Waals surface area contributed by atoms with Crippen molar-refractivity contribution in [1.82, 2.24) is 0 Å². The maximum atomic E-state index is 5.61. The summed E-state index contributed by atoms with van der Waals surface area (Å²) in [6.07, 6.45) is 0.752. The molecule has 0 radical (unpaired) electrons. The standard InChI is InChI=1S/C14H20O4/c1-15-14-11-17-13(10-18-14)7-8-16-9-12-5-3-2-4-6-12/h2-6,13-14H,7-11H2,1H3. The van der Waals surface area contributed by atoms with Crippen LogP contribution in [0.2, 0.25) is 0 Å². The van der Waals surface area contributed by atoms with Gasteiger partial charge in [0.25, 0.3) is 0 Å². The van der Waals surface area contributed by atoms with Gasteiger partial charge in [-0.3, -0.25) is 0 Å². The molecule has 4 heteroatoms. The van der Waals surface area contributed by atoms with Gasteiger partial charge in [-0.15, -0.1) is 0 Å². The van der Waals surface area contributed by atoms with Crippen molar-refractivity contribution in [2.75, 3.05) is 26.9 Å². The highest BCUT2D eigenvalue weighted by Crippen LogP contribution is 2.11. The molecule has 2 rings (SSSR count). The molecule has 0 spiro atoms. The fourth-order valence-electron chi connectivity index (χ4n) is 1.81. The van der Waals surface area contributed by atoms with Crippen LogP contribution in [0.4, 0.5) is 0 Å². The summed E-state index contributed by atoms with van der Waals surface area (Å²) >= 11 is 0. The number of benzene rings is 1. The summed E-state index contributed by atoms with van der Waals surface area (Å²) in [5.41, 5.74) is 1.19. The van der Waals surface area contributed by atoms with E-state index in [0.29, 0.717) is 26.4 Å². The third-order valence-corrected chi connectivity index (χ3v) is 2.89. The van der Waals surface area contributed by atoms with Crippen LogP contribution < -0.4 is 0 Å². The van der Waals surface area contributed by atoms with Crippen LogP contribution in [0.5, 0.6) is 0 Å². The van der Waals surface area contributed by atoms with Gasteiger partial charge >= 0.3 is 0 Å². The summed E-state index contributed by atoms with van der Waals surface area (Å²) in [5, 5.41) is 0. The predicted molar refractivity (Wildman–Crippen MR) is 67.2 cm³/mol. The fourth-order valence-corrected chi connectivity index (χ4v) is 1.81. The maximum absolute atomic E-state index is 5.61. The normalized spacial score (nSPS) is 24.1. The lowest BCUT2D eigenvalue weighted by Gasteiger charge is -2.28. The molecular formula is C14H20O4. The molecule has 2 unspecified atom stereocenters. The van der Waals surface area contributed by atoms with Gasteiger partial charge in [-0.05, 0) is 12.0 Å². The molecule has 18 heavy (non-hydrogen) atoms. The second-order valence-corrected chi connectivity index (χ2v) is 4.28. The zero-order valence-electron chi connectivity index (χ0n) is 10.7. The summed E-state index contributed by atoms with van der Waals surface area (Å²) in [6, 6.07) is 10.2. The SMILES string of the molecule is COC1COC(CCOCc2ccccc2)CO1. The molecular weight excluding hydrogens is 232 g/mol. The van der Waals surface area contributed by atoms with Crippen molar-refractivity contribution in [3.63, 3.8) is 0 Å². The van der Waals surface area contributed by atoms with Gasteiger partial charge in [-0.25, -0.2) is 0 Å². The molecule has 0 aliphatic carbocycles. The molecule has 100 valence electrons. The van der Waals surface area contributed by atoms with Gasteiger partial charge in [0.05, 0.1) is 25.9 Å². The molecule has 1 aromatic rings. The Balaban J connectivity index is 1.56. The average Bonchev–Trinajstić information content (AvgIpc) is 2.45. The van der Waals surface area contributed by atoms with Crippen LogP contribution in [-0.4, -0.2) is 39.3 Å². The Morgan fingerprint density at radius 2 is 2.00 bits per heavy atom. The van der Waals surface area contributed by atoms with Gasteiger partial charge in [0, 0.05) is 13.7 Å².